The minimum atomic E-state index is -0.136. The van der Waals surface area contributed by atoms with Crippen LogP contribution in [0.5, 0.6) is 0 Å². The van der Waals surface area contributed by atoms with Gasteiger partial charge in [-0.1, -0.05) is 12.1 Å². The van der Waals surface area contributed by atoms with Crippen molar-refractivity contribution in [1.29, 1.82) is 0 Å². The van der Waals surface area contributed by atoms with E-state index in [-0.39, 0.29) is 5.91 Å². The monoisotopic (exact) mass is 421 g/mol. The Labute approximate surface area is 186 Å². The van der Waals surface area contributed by atoms with E-state index in [1.54, 1.807) is 12.4 Å². The molecule has 6 heteroatoms. The lowest BCUT2D eigenvalue weighted by Gasteiger charge is -2.14. The van der Waals surface area contributed by atoms with E-state index >= 15 is 0 Å². The van der Waals surface area contributed by atoms with Gasteiger partial charge >= 0.3 is 0 Å². The number of fused-ring (bicyclic) bond motifs is 1. The summed E-state index contributed by atoms with van der Waals surface area (Å²) in [6.45, 7) is 2.00. The maximum Gasteiger partial charge on any atom is 0.255 e. The Morgan fingerprint density at radius 1 is 0.938 bits per heavy atom. The topological polar surface area (TPSA) is 79.8 Å². The highest BCUT2D eigenvalue weighted by Crippen LogP contribution is 2.29. The highest BCUT2D eigenvalue weighted by atomic mass is 16.1. The second kappa shape index (κ2) is 8.59. The molecule has 5 rings (SSSR count). The molecular weight excluding hydrogens is 398 g/mol. The third-order valence-electron chi connectivity index (χ3n) is 5.77. The van der Waals surface area contributed by atoms with E-state index in [9.17, 15) is 4.79 Å². The second-order valence-electron chi connectivity index (χ2n) is 7.94. The molecule has 4 aromatic rings. The fourth-order valence-corrected chi connectivity index (χ4v) is 4.04. The number of nitrogens with one attached hydrogen (secondary N) is 2. The van der Waals surface area contributed by atoms with Crippen LogP contribution in [0.4, 0.5) is 17.2 Å². The van der Waals surface area contributed by atoms with E-state index in [0.717, 1.165) is 41.0 Å². The lowest BCUT2D eigenvalue weighted by molar-refractivity contribution is 0.102. The molecule has 158 valence electrons. The highest BCUT2D eigenvalue weighted by Gasteiger charge is 2.14. The summed E-state index contributed by atoms with van der Waals surface area (Å²) >= 11 is 0. The van der Waals surface area contributed by atoms with Gasteiger partial charge in [0, 0.05) is 34.9 Å². The summed E-state index contributed by atoms with van der Waals surface area (Å²) in [6.07, 6.45) is 8.34. The predicted molar refractivity (Wildman–Crippen MR) is 126 cm³/mol. The lowest BCUT2D eigenvalue weighted by Crippen LogP contribution is -2.12. The molecule has 1 aliphatic rings. The van der Waals surface area contributed by atoms with E-state index in [1.165, 1.54) is 23.9 Å². The zero-order valence-corrected chi connectivity index (χ0v) is 17.8. The number of benzene rings is 2. The van der Waals surface area contributed by atoms with Crippen LogP contribution in [0.2, 0.25) is 0 Å². The van der Waals surface area contributed by atoms with Gasteiger partial charge in [-0.15, -0.1) is 0 Å². The maximum atomic E-state index is 12.9. The van der Waals surface area contributed by atoms with Crippen molar-refractivity contribution < 1.29 is 4.79 Å². The zero-order valence-electron chi connectivity index (χ0n) is 17.8. The number of aryl methyl sites for hydroxylation is 3. The summed E-state index contributed by atoms with van der Waals surface area (Å²) in [5, 5.41) is 6.42. The second-order valence-corrected chi connectivity index (χ2v) is 7.94. The van der Waals surface area contributed by atoms with Crippen LogP contribution in [0.3, 0.4) is 0 Å². The maximum absolute atomic E-state index is 12.9. The third kappa shape index (κ3) is 4.07. The highest BCUT2D eigenvalue weighted by molar-refractivity contribution is 6.05. The van der Waals surface area contributed by atoms with E-state index in [1.807, 2.05) is 49.4 Å². The van der Waals surface area contributed by atoms with Crippen molar-refractivity contribution in [3.63, 3.8) is 0 Å². The summed E-state index contributed by atoms with van der Waals surface area (Å²) in [4.78, 5) is 25.8. The molecule has 0 spiro atoms. The number of hydrogen-bond acceptors (Lipinski definition) is 5. The summed E-state index contributed by atoms with van der Waals surface area (Å²) in [6, 6.07) is 17.5. The van der Waals surface area contributed by atoms with Crippen molar-refractivity contribution in [2.24, 2.45) is 0 Å². The number of nitrogens with zero attached hydrogens (tertiary/aromatic N) is 3. The average Bonchev–Trinajstić information content (AvgIpc) is 3.29. The van der Waals surface area contributed by atoms with Crippen LogP contribution in [0.1, 0.15) is 33.5 Å². The SMILES string of the molecule is Cc1ccc(C(=O)Nc2ccc3c(c2)CCC3)cc1Nc1ncccc1-c1ccncn1. The Bertz CT molecular complexity index is 1290. The van der Waals surface area contributed by atoms with Crippen LogP contribution in [0, 0.1) is 6.92 Å². The molecule has 0 fully saturated rings. The Morgan fingerprint density at radius 3 is 2.72 bits per heavy atom. The van der Waals surface area contributed by atoms with Crippen LogP contribution in [-0.4, -0.2) is 20.9 Å². The van der Waals surface area contributed by atoms with Gasteiger partial charge in [-0.2, -0.15) is 0 Å². The van der Waals surface area contributed by atoms with Gasteiger partial charge < -0.3 is 10.6 Å². The summed E-state index contributed by atoms with van der Waals surface area (Å²) in [7, 11) is 0. The van der Waals surface area contributed by atoms with Gasteiger partial charge in [0.2, 0.25) is 0 Å². The molecule has 2 aromatic heterocycles. The zero-order chi connectivity index (χ0) is 21.9. The van der Waals surface area contributed by atoms with Gasteiger partial charge in [0.15, 0.2) is 0 Å². The molecule has 0 aliphatic heterocycles. The first kappa shape index (κ1) is 19.9. The molecule has 1 aliphatic carbocycles. The predicted octanol–water partition coefficient (Wildman–Crippen LogP) is 5.33. The van der Waals surface area contributed by atoms with Crippen molar-refractivity contribution in [1.82, 2.24) is 15.0 Å². The first-order valence-corrected chi connectivity index (χ1v) is 10.7. The molecule has 32 heavy (non-hydrogen) atoms. The summed E-state index contributed by atoms with van der Waals surface area (Å²) in [5.74, 6) is 0.536. The van der Waals surface area contributed by atoms with Gasteiger partial charge in [-0.05, 0) is 85.3 Å². The molecule has 0 bridgehead atoms. The largest absolute Gasteiger partial charge is 0.339 e. The number of aromatic nitrogens is 3. The van der Waals surface area contributed by atoms with E-state index in [0.29, 0.717) is 11.4 Å². The molecule has 2 aromatic carbocycles. The number of anilines is 3. The quantitative estimate of drug-likeness (QED) is 0.455. The average molecular weight is 422 g/mol. The molecule has 2 N–H and O–H groups in total. The van der Waals surface area contributed by atoms with Crippen molar-refractivity contribution in [2.75, 3.05) is 10.6 Å². The van der Waals surface area contributed by atoms with Crippen LogP contribution < -0.4 is 10.6 Å². The molecule has 0 unspecified atom stereocenters. The number of pyridine rings is 1. The molecular formula is C26H23N5O. The molecule has 0 saturated heterocycles. The standard InChI is InChI=1S/C26H23N5O/c1-17-7-8-20(26(32)30-21-10-9-18-4-2-5-19(18)14-21)15-24(17)31-25-22(6-3-12-28-25)23-11-13-27-16-29-23/h3,6-16H,2,4-5H2,1H3,(H,28,31)(H,30,32). The van der Waals surface area contributed by atoms with E-state index < -0.39 is 0 Å². The van der Waals surface area contributed by atoms with E-state index in [4.69, 9.17) is 0 Å². The molecule has 0 saturated carbocycles. The van der Waals surface area contributed by atoms with E-state index in [2.05, 4.69) is 37.7 Å². The Hall–Kier alpha value is -4.06. The Morgan fingerprint density at radius 2 is 1.84 bits per heavy atom. The number of carbonyl (C=O) groups is 1. The van der Waals surface area contributed by atoms with Gasteiger partial charge in [-0.3, -0.25) is 4.79 Å². The summed E-state index contributed by atoms with van der Waals surface area (Å²) < 4.78 is 0. The molecule has 0 radical (unpaired) electrons. The van der Waals surface area contributed by atoms with Crippen LogP contribution in [0.15, 0.2) is 73.3 Å². The van der Waals surface area contributed by atoms with Gasteiger partial charge in [0.1, 0.15) is 12.1 Å². The normalized spacial score (nSPS) is 12.3. The number of carbonyl (C=O) groups excluding carboxylic acids is 1. The van der Waals surface area contributed by atoms with Crippen LogP contribution in [0.25, 0.3) is 11.3 Å². The fraction of sp³-hybridized carbons (Fsp3) is 0.154. The first-order chi connectivity index (χ1) is 15.7. The van der Waals surface area contributed by atoms with Crippen LogP contribution in [-0.2, 0) is 12.8 Å². The molecule has 6 nitrogen and oxygen atoms in total. The third-order valence-corrected chi connectivity index (χ3v) is 5.77. The van der Waals surface area contributed by atoms with Crippen molar-refractivity contribution in [3.8, 4) is 11.3 Å². The number of rotatable bonds is 5. The van der Waals surface area contributed by atoms with Gasteiger partial charge in [0.25, 0.3) is 5.91 Å². The molecule has 1 amide bonds. The number of amides is 1. The lowest BCUT2D eigenvalue weighted by atomic mass is 10.1. The minimum Gasteiger partial charge on any atom is -0.339 e. The summed E-state index contributed by atoms with van der Waals surface area (Å²) in [5.41, 5.74) is 7.61. The fourth-order valence-electron chi connectivity index (χ4n) is 4.04. The van der Waals surface area contributed by atoms with Crippen LogP contribution >= 0.6 is 0 Å². The molecule has 2 heterocycles. The first-order valence-electron chi connectivity index (χ1n) is 10.7. The van der Waals surface area contributed by atoms with Crippen molar-refractivity contribution in [2.45, 2.75) is 26.2 Å². The Kier molecular flexibility index (Phi) is 5.34. The smallest absolute Gasteiger partial charge is 0.255 e. The van der Waals surface area contributed by atoms with Crippen molar-refractivity contribution >= 4 is 23.1 Å². The number of hydrogen-bond donors (Lipinski definition) is 2. The molecule has 0 atom stereocenters. The van der Waals surface area contributed by atoms with Gasteiger partial charge in [0.05, 0.1) is 5.69 Å². The minimum absolute atomic E-state index is 0.136. The van der Waals surface area contributed by atoms with Crippen molar-refractivity contribution in [3.05, 3.63) is 95.6 Å². The Balaban J connectivity index is 1.40. The van der Waals surface area contributed by atoms with Gasteiger partial charge in [-0.25, -0.2) is 15.0 Å².